The molecule has 2 fully saturated rings. The predicted molar refractivity (Wildman–Crippen MR) is 137 cm³/mol. The Hall–Kier alpha value is -1.40. The Labute approximate surface area is 208 Å². The van der Waals surface area contributed by atoms with Crippen LogP contribution in [0.15, 0.2) is 12.1 Å². The van der Waals surface area contributed by atoms with Crippen LogP contribution in [0.5, 0.6) is 5.75 Å². The van der Waals surface area contributed by atoms with Crippen LogP contribution in [-0.2, 0) is 20.4 Å². The molecule has 33 heavy (non-hydrogen) atoms. The third-order valence-electron chi connectivity index (χ3n) is 6.57. The molecule has 0 saturated carbocycles. The van der Waals surface area contributed by atoms with Crippen molar-refractivity contribution in [1.29, 1.82) is 0 Å². The van der Waals surface area contributed by atoms with Gasteiger partial charge < -0.3 is 14.9 Å². The van der Waals surface area contributed by atoms with Crippen molar-refractivity contribution in [2.24, 2.45) is 0 Å². The van der Waals surface area contributed by atoms with Gasteiger partial charge in [-0.05, 0) is 58.9 Å². The fraction of sp³-hybridized carbons (Fsp3) is 0.692. The van der Waals surface area contributed by atoms with Gasteiger partial charge in [-0.3, -0.25) is 9.59 Å². The second-order valence-corrected chi connectivity index (χ2v) is 13.1. The van der Waals surface area contributed by atoms with Gasteiger partial charge in [0.1, 0.15) is 16.6 Å². The van der Waals surface area contributed by atoms with Gasteiger partial charge in [0.15, 0.2) is 0 Å². The van der Waals surface area contributed by atoms with E-state index in [1.165, 1.54) is 11.8 Å². The van der Waals surface area contributed by atoms with Gasteiger partial charge in [0, 0.05) is 19.5 Å². The number of hydrogen-bond acceptors (Lipinski definition) is 4. The number of carbonyl (C=O) groups excluding carboxylic acids is 2. The summed E-state index contributed by atoms with van der Waals surface area (Å²) in [6.07, 6.45) is 2.89. The monoisotopic (exact) mass is 494 g/mol. The SMILES string of the molecule is CCC(Cl)N1C(=O)C(CC(=O)N2CCCC2)SC1c1cc(C(C)(C)C)c(O)c(C(C)(C)C)c1. The zero-order valence-electron chi connectivity index (χ0n) is 21.1. The van der Waals surface area contributed by atoms with Crippen molar-refractivity contribution >= 4 is 35.2 Å². The number of hydrogen-bond donors (Lipinski definition) is 1. The molecule has 0 bridgehead atoms. The van der Waals surface area contributed by atoms with E-state index in [2.05, 4.69) is 41.5 Å². The Morgan fingerprint density at radius 2 is 1.64 bits per heavy atom. The van der Waals surface area contributed by atoms with E-state index in [1.54, 1.807) is 4.90 Å². The van der Waals surface area contributed by atoms with Gasteiger partial charge in [0.25, 0.3) is 0 Å². The Morgan fingerprint density at radius 3 is 2.09 bits per heavy atom. The van der Waals surface area contributed by atoms with Crippen molar-refractivity contribution in [3.63, 3.8) is 0 Å². The first-order chi connectivity index (χ1) is 15.3. The minimum Gasteiger partial charge on any atom is -0.507 e. The van der Waals surface area contributed by atoms with E-state index in [1.807, 2.05) is 24.0 Å². The molecule has 2 aliphatic rings. The van der Waals surface area contributed by atoms with Crippen LogP contribution in [0.1, 0.15) is 96.2 Å². The summed E-state index contributed by atoms with van der Waals surface area (Å²) in [5.74, 6) is 0.304. The normalized spacial score (nSPS) is 22.8. The molecule has 3 rings (SSSR count). The summed E-state index contributed by atoms with van der Waals surface area (Å²) in [6, 6.07) is 4.04. The van der Waals surface area contributed by atoms with Crippen LogP contribution >= 0.6 is 23.4 Å². The number of benzene rings is 1. The topological polar surface area (TPSA) is 60.9 Å². The van der Waals surface area contributed by atoms with Crippen molar-refractivity contribution in [2.45, 2.75) is 101 Å². The number of aromatic hydroxyl groups is 1. The molecule has 2 aliphatic heterocycles. The Balaban J connectivity index is 2.03. The molecule has 1 aromatic carbocycles. The molecule has 5 nitrogen and oxygen atoms in total. The molecule has 2 saturated heterocycles. The maximum atomic E-state index is 13.5. The summed E-state index contributed by atoms with van der Waals surface area (Å²) in [7, 11) is 0. The molecule has 3 unspecified atom stereocenters. The molecular weight excluding hydrogens is 456 g/mol. The summed E-state index contributed by atoms with van der Waals surface area (Å²) in [5.41, 5.74) is 1.68. The lowest BCUT2D eigenvalue weighted by atomic mass is 9.78. The van der Waals surface area contributed by atoms with Crippen LogP contribution in [0.25, 0.3) is 0 Å². The van der Waals surface area contributed by atoms with Crippen molar-refractivity contribution in [2.75, 3.05) is 13.1 Å². The van der Waals surface area contributed by atoms with E-state index in [0.29, 0.717) is 12.2 Å². The molecule has 7 heteroatoms. The molecule has 0 radical (unpaired) electrons. The molecule has 2 amide bonds. The predicted octanol–water partition coefficient (Wildman–Crippen LogP) is 5.92. The number of likely N-dealkylation sites (tertiary alicyclic amines) is 1. The number of rotatable bonds is 5. The number of thioether (sulfide) groups is 1. The van der Waals surface area contributed by atoms with Crippen molar-refractivity contribution in [3.05, 3.63) is 28.8 Å². The number of carbonyl (C=O) groups is 2. The minimum atomic E-state index is -0.452. The number of nitrogens with zero attached hydrogens (tertiary/aromatic N) is 2. The molecule has 1 N–H and O–H groups in total. The van der Waals surface area contributed by atoms with Crippen LogP contribution in [-0.4, -0.2) is 50.6 Å². The second-order valence-electron chi connectivity index (χ2n) is 11.3. The van der Waals surface area contributed by atoms with Crippen molar-refractivity contribution in [3.8, 4) is 5.75 Å². The number of phenols is 1. The highest BCUT2D eigenvalue weighted by atomic mass is 35.5. The molecule has 3 atom stereocenters. The van der Waals surface area contributed by atoms with Gasteiger partial charge in [-0.25, -0.2) is 0 Å². The van der Waals surface area contributed by atoms with E-state index < -0.39 is 10.8 Å². The highest BCUT2D eigenvalue weighted by Gasteiger charge is 2.45. The van der Waals surface area contributed by atoms with E-state index in [0.717, 1.165) is 42.6 Å². The van der Waals surface area contributed by atoms with Gasteiger partial charge in [-0.1, -0.05) is 60.1 Å². The summed E-state index contributed by atoms with van der Waals surface area (Å²) in [5, 5.41) is 10.4. The maximum Gasteiger partial charge on any atom is 0.238 e. The average molecular weight is 495 g/mol. The lowest BCUT2D eigenvalue weighted by Crippen LogP contribution is -2.38. The van der Waals surface area contributed by atoms with Gasteiger partial charge in [0.05, 0.1) is 5.25 Å². The molecule has 0 aliphatic carbocycles. The van der Waals surface area contributed by atoms with Crippen LogP contribution in [0.2, 0.25) is 0 Å². The van der Waals surface area contributed by atoms with E-state index in [9.17, 15) is 14.7 Å². The number of halogens is 1. The van der Waals surface area contributed by atoms with Crippen molar-refractivity contribution < 1.29 is 14.7 Å². The van der Waals surface area contributed by atoms with E-state index in [4.69, 9.17) is 11.6 Å². The molecule has 0 spiro atoms. The molecule has 0 aromatic heterocycles. The van der Waals surface area contributed by atoms with Crippen molar-refractivity contribution in [1.82, 2.24) is 9.80 Å². The highest BCUT2D eigenvalue weighted by Crippen LogP contribution is 2.49. The smallest absolute Gasteiger partial charge is 0.238 e. The van der Waals surface area contributed by atoms with Gasteiger partial charge in [-0.15, -0.1) is 11.8 Å². The fourth-order valence-electron chi connectivity index (χ4n) is 4.61. The van der Waals surface area contributed by atoms with Gasteiger partial charge >= 0.3 is 0 Å². The summed E-state index contributed by atoms with van der Waals surface area (Å²) in [4.78, 5) is 29.9. The van der Waals surface area contributed by atoms with Gasteiger partial charge in [-0.2, -0.15) is 0 Å². The Morgan fingerprint density at radius 1 is 1.12 bits per heavy atom. The quantitative estimate of drug-likeness (QED) is 0.408. The Bertz CT molecular complexity index is 865. The van der Waals surface area contributed by atoms with Crippen LogP contribution in [0.3, 0.4) is 0 Å². The molecule has 1 aromatic rings. The number of phenolic OH excluding ortho intramolecular Hbond substituents is 1. The molecule has 2 heterocycles. The average Bonchev–Trinajstić information content (AvgIpc) is 3.35. The van der Waals surface area contributed by atoms with E-state index in [-0.39, 0.29) is 34.4 Å². The number of alkyl halides is 1. The summed E-state index contributed by atoms with van der Waals surface area (Å²) in [6.45, 7) is 16.0. The molecule has 184 valence electrons. The first-order valence-electron chi connectivity index (χ1n) is 12.0. The van der Waals surface area contributed by atoms with E-state index >= 15 is 0 Å². The van der Waals surface area contributed by atoms with Crippen LogP contribution in [0.4, 0.5) is 0 Å². The first kappa shape index (κ1) is 26.2. The zero-order chi connectivity index (χ0) is 24.7. The third kappa shape index (κ3) is 5.48. The minimum absolute atomic E-state index is 0.0537. The fourth-order valence-corrected chi connectivity index (χ4v) is 6.35. The van der Waals surface area contributed by atoms with Gasteiger partial charge in [0.2, 0.25) is 11.8 Å². The zero-order valence-corrected chi connectivity index (χ0v) is 22.6. The summed E-state index contributed by atoms with van der Waals surface area (Å²) < 4.78 is 0. The number of amides is 2. The van der Waals surface area contributed by atoms with Crippen LogP contribution in [0, 0.1) is 0 Å². The maximum absolute atomic E-state index is 13.5. The third-order valence-corrected chi connectivity index (χ3v) is 8.54. The second kappa shape index (κ2) is 9.69. The highest BCUT2D eigenvalue weighted by molar-refractivity contribution is 8.01. The lowest BCUT2D eigenvalue weighted by molar-refractivity contribution is -0.135. The Kier molecular flexibility index (Phi) is 7.70. The largest absolute Gasteiger partial charge is 0.507 e. The van der Waals surface area contributed by atoms with Crippen LogP contribution < -0.4 is 0 Å². The summed E-state index contributed by atoms with van der Waals surface area (Å²) >= 11 is 8.20. The lowest BCUT2D eigenvalue weighted by Gasteiger charge is -2.32. The molecular formula is C26H39ClN2O3S. The standard InChI is InChI=1S/C26H39ClN2O3S/c1-8-20(27)29-23(32)19(15-21(30)28-11-9-10-12-28)33-24(29)16-13-17(25(2,3)4)22(31)18(14-16)26(5,6)7/h13-14,19-20,24,31H,8-12,15H2,1-7H3. The first-order valence-corrected chi connectivity index (χ1v) is 13.4.